The van der Waals surface area contributed by atoms with Gasteiger partial charge in [-0.15, -0.1) is 0 Å². The van der Waals surface area contributed by atoms with Crippen LogP contribution >= 0.6 is 0 Å². The number of likely N-dealkylation sites (N-methyl/N-ethyl adjacent to an activating group) is 2. The molecule has 0 radical (unpaired) electrons. The number of aromatic amines is 1. The fourth-order valence-electron chi connectivity index (χ4n) is 1.70. The minimum atomic E-state index is 0.0259. The molecule has 0 aliphatic heterocycles. The predicted octanol–water partition coefficient (Wildman–Crippen LogP) is 0.576. The lowest BCUT2D eigenvalue weighted by atomic mass is 10.3. The topological polar surface area (TPSA) is 52.2 Å². The van der Waals surface area contributed by atoms with Crippen molar-refractivity contribution in [1.29, 1.82) is 0 Å². The first-order valence-corrected chi connectivity index (χ1v) is 5.63. The zero-order chi connectivity index (χ0) is 11.5. The Morgan fingerprint density at radius 2 is 2.25 bits per heavy atom. The standard InChI is InChI=1S/C11H18N4O/c1-14(10-3-4-10)5-6-15(2)11(16)9-7-12-13-8-9/h7-8,10H,3-6H2,1-2H3,(H,12,13). The Hall–Kier alpha value is -1.36. The largest absolute Gasteiger partial charge is 0.340 e. The van der Waals surface area contributed by atoms with Gasteiger partial charge in [-0.2, -0.15) is 5.10 Å². The highest BCUT2D eigenvalue weighted by atomic mass is 16.2. The van der Waals surface area contributed by atoms with E-state index < -0.39 is 0 Å². The van der Waals surface area contributed by atoms with Gasteiger partial charge in [-0.1, -0.05) is 0 Å². The van der Waals surface area contributed by atoms with Gasteiger partial charge in [0.05, 0.1) is 11.8 Å². The number of H-pyrrole nitrogens is 1. The molecule has 0 bridgehead atoms. The first-order valence-electron chi connectivity index (χ1n) is 5.63. The molecular formula is C11H18N4O. The smallest absolute Gasteiger partial charge is 0.256 e. The molecule has 1 aliphatic rings. The summed E-state index contributed by atoms with van der Waals surface area (Å²) in [5.41, 5.74) is 0.622. The highest BCUT2D eigenvalue weighted by Gasteiger charge is 2.26. The summed E-state index contributed by atoms with van der Waals surface area (Å²) in [6.45, 7) is 1.70. The van der Waals surface area contributed by atoms with E-state index in [0.29, 0.717) is 5.56 Å². The van der Waals surface area contributed by atoms with Crippen molar-refractivity contribution < 1.29 is 4.79 Å². The van der Waals surface area contributed by atoms with Gasteiger partial charge in [0, 0.05) is 32.4 Å². The lowest BCUT2D eigenvalue weighted by Crippen LogP contribution is -2.35. The van der Waals surface area contributed by atoms with Gasteiger partial charge in [0.1, 0.15) is 0 Å². The number of nitrogens with one attached hydrogen (secondary N) is 1. The van der Waals surface area contributed by atoms with Crippen molar-refractivity contribution in [3.63, 3.8) is 0 Å². The van der Waals surface area contributed by atoms with Crippen molar-refractivity contribution >= 4 is 5.91 Å². The molecule has 0 atom stereocenters. The molecular weight excluding hydrogens is 204 g/mol. The van der Waals surface area contributed by atoms with Crippen LogP contribution in [0.4, 0.5) is 0 Å². The molecule has 1 heterocycles. The molecule has 1 aromatic rings. The van der Waals surface area contributed by atoms with Gasteiger partial charge in [0.2, 0.25) is 0 Å². The number of nitrogens with zero attached hydrogens (tertiary/aromatic N) is 3. The van der Waals surface area contributed by atoms with Crippen LogP contribution in [0.15, 0.2) is 12.4 Å². The zero-order valence-electron chi connectivity index (χ0n) is 9.81. The van der Waals surface area contributed by atoms with Crippen LogP contribution in [0.2, 0.25) is 0 Å². The van der Waals surface area contributed by atoms with E-state index in [1.54, 1.807) is 17.3 Å². The number of hydrogen-bond acceptors (Lipinski definition) is 3. The molecule has 1 fully saturated rings. The van der Waals surface area contributed by atoms with Crippen LogP contribution in [-0.4, -0.2) is 59.1 Å². The average Bonchev–Trinajstić information content (AvgIpc) is 3.00. The molecule has 1 N–H and O–H groups in total. The normalized spacial score (nSPS) is 15.4. The molecule has 0 unspecified atom stereocenters. The maximum absolute atomic E-state index is 11.9. The Balaban J connectivity index is 1.78. The molecule has 1 aromatic heterocycles. The van der Waals surface area contributed by atoms with E-state index in [9.17, 15) is 4.79 Å². The minimum absolute atomic E-state index is 0.0259. The molecule has 16 heavy (non-hydrogen) atoms. The van der Waals surface area contributed by atoms with Crippen molar-refractivity contribution in [2.24, 2.45) is 0 Å². The molecule has 0 aromatic carbocycles. The van der Waals surface area contributed by atoms with E-state index in [1.165, 1.54) is 12.8 Å². The Labute approximate surface area is 95.4 Å². The summed E-state index contributed by atoms with van der Waals surface area (Å²) in [5, 5.41) is 6.43. The van der Waals surface area contributed by atoms with Gasteiger partial charge in [-0.25, -0.2) is 0 Å². The lowest BCUT2D eigenvalue weighted by molar-refractivity contribution is 0.0781. The van der Waals surface area contributed by atoms with E-state index in [-0.39, 0.29) is 5.91 Å². The summed E-state index contributed by atoms with van der Waals surface area (Å²) in [6.07, 6.45) is 5.79. The fourth-order valence-corrected chi connectivity index (χ4v) is 1.70. The maximum atomic E-state index is 11.9. The first-order chi connectivity index (χ1) is 7.68. The lowest BCUT2D eigenvalue weighted by Gasteiger charge is -2.21. The molecule has 2 rings (SSSR count). The molecule has 0 spiro atoms. The monoisotopic (exact) mass is 222 g/mol. The molecule has 1 amide bonds. The predicted molar refractivity (Wildman–Crippen MR) is 61.2 cm³/mol. The summed E-state index contributed by atoms with van der Waals surface area (Å²) in [4.78, 5) is 15.9. The number of rotatable bonds is 5. The third kappa shape index (κ3) is 2.61. The van der Waals surface area contributed by atoms with Gasteiger partial charge < -0.3 is 9.80 Å². The summed E-state index contributed by atoms with van der Waals surface area (Å²) in [6, 6.07) is 0.748. The van der Waals surface area contributed by atoms with Gasteiger partial charge in [-0.3, -0.25) is 9.89 Å². The van der Waals surface area contributed by atoms with E-state index in [4.69, 9.17) is 0 Å². The molecule has 88 valence electrons. The van der Waals surface area contributed by atoms with Gasteiger partial charge in [0.15, 0.2) is 0 Å². The molecule has 0 saturated heterocycles. The number of aromatic nitrogens is 2. The maximum Gasteiger partial charge on any atom is 0.256 e. The third-order valence-electron chi connectivity index (χ3n) is 3.05. The summed E-state index contributed by atoms with van der Waals surface area (Å²) in [7, 11) is 3.95. The van der Waals surface area contributed by atoms with E-state index in [2.05, 4.69) is 22.1 Å². The summed E-state index contributed by atoms with van der Waals surface area (Å²) in [5.74, 6) is 0.0259. The Bertz CT molecular complexity index is 345. The average molecular weight is 222 g/mol. The van der Waals surface area contributed by atoms with Crippen molar-refractivity contribution in [2.45, 2.75) is 18.9 Å². The fraction of sp³-hybridized carbons (Fsp3) is 0.636. The Morgan fingerprint density at radius 3 is 2.81 bits per heavy atom. The van der Waals surface area contributed by atoms with Crippen molar-refractivity contribution in [2.75, 3.05) is 27.2 Å². The van der Waals surface area contributed by atoms with Crippen LogP contribution < -0.4 is 0 Å². The van der Waals surface area contributed by atoms with Crippen molar-refractivity contribution in [3.8, 4) is 0 Å². The van der Waals surface area contributed by atoms with Gasteiger partial charge in [-0.05, 0) is 19.9 Å². The van der Waals surface area contributed by atoms with Crippen LogP contribution in [0, 0.1) is 0 Å². The number of hydrogen-bond donors (Lipinski definition) is 1. The second kappa shape index (κ2) is 4.65. The molecule has 1 aliphatic carbocycles. The third-order valence-corrected chi connectivity index (χ3v) is 3.05. The van der Waals surface area contributed by atoms with Crippen LogP contribution in [0.3, 0.4) is 0 Å². The summed E-state index contributed by atoms with van der Waals surface area (Å²) < 4.78 is 0. The van der Waals surface area contributed by atoms with Gasteiger partial charge in [0.25, 0.3) is 5.91 Å². The number of carbonyl (C=O) groups excluding carboxylic acids is 1. The molecule has 5 heteroatoms. The Kier molecular flexibility index (Phi) is 3.24. The summed E-state index contributed by atoms with van der Waals surface area (Å²) >= 11 is 0. The highest BCUT2D eigenvalue weighted by Crippen LogP contribution is 2.24. The molecule has 5 nitrogen and oxygen atoms in total. The highest BCUT2D eigenvalue weighted by molar-refractivity contribution is 5.93. The second-order valence-electron chi connectivity index (χ2n) is 4.43. The van der Waals surface area contributed by atoms with Crippen LogP contribution in [0.5, 0.6) is 0 Å². The van der Waals surface area contributed by atoms with Crippen LogP contribution in [0.1, 0.15) is 23.2 Å². The van der Waals surface area contributed by atoms with E-state index >= 15 is 0 Å². The number of carbonyl (C=O) groups is 1. The Morgan fingerprint density at radius 1 is 1.50 bits per heavy atom. The first kappa shape index (κ1) is 11.1. The second-order valence-corrected chi connectivity index (χ2v) is 4.43. The van der Waals surface area contributed by atoms with Crippen LogP contribution in [-0.2, 0) is 0 Å². The van der Waals surface area contributed by atoms with Crippen molar-refractivity contribution in [3.05, 3.63) is 18.0 Å². The van der Waals surface area contributed by atoms with Gasteiger partial charge >= 0.3 is 0 Å². The van der Waals surface area contributed by atoms with E-state index in [0.717, 1.165) is 19.1 Å². The minimum Gasteiger partial charge on any atom is -0.340 e. The van der Waals surface area contributed by atoms with Crippen LogP contribution in [0.25, 0.3) is 0 Å². The van der Waals surface area contributed by atoms with Crippen molar-refractivity contribution in [1.82, 2.24) is 20.0 Å². The molecule has 1 saturated carbocycles. The SMILES string of the molecule is CN(CCN(C)C1CC1)C(=O)c1cn[nH]c1. The quantitative estimate of drug-likeness (QED) is 0.792. The van der Waals surface area contributed by atoms with E-state index in [1.807, 2.05) is 7.05 Å². The zero-order valence-corrected chi connectivity index (χ0v) is 9.81. The number of amides is 1.